The van der Waals surface area contributed by atoms with Crippen LogP contribution in [0.1, 0.15) is 18.1 Å². The summed E-state index contributed by atoms with van der Waals surface area (Å²) in [5.74, 6) is 1.44. The van der Waals surface area contributed by atoms with Crippen molar-refractivity contribution in [1.82, 2.24) is 14.8 Å². The number of nitrogens with one attached hydrogen (secondary N) is 1. The first-order chi connectivity index (χ1) is 16.0. The van der Waals surface area contributed by atoms with Gasteiger partial charge in [0.15, 0.2) is 11.0 Å². The number of carbonyl (C=O) groups excluding carboxylic acids is 1. The lowest BCUT2D eigenvalue weighted by molar-refractivity contribution is -0.115. The van der Waals surface area contributed by atoms with Crippen LogP contribution < -0.4 is 10.1 Å². The predicted molar refractivity (Wildman–Crippen MR) is 132 cm³/mol. The molecule has 0 saturated carbocycles. The third-order valence-corrected chi connectivity index (χ3v) is 6.38. The van der Waals surface area contributed by atoms with Gasteiger partial charge in [0.1, 0.15) is 12.4 Å². The molecule has 0 unspecified atom stereocenters. The van der Waals surface area contributed by atoms with Gasteiger partial charge in [-0.05, 0) is 49.2 Å². The highest BCUT2D eigenvalue weighted by Gasteiger charge is 2.20. The molecule has 0 fully saturated rings. The van der Waals surface area contributed by atoms with Gasteiger partial charge in [-0.1, -0.05) is 66.4 Å². The van der Waals surface area contributed by atoms with Crippen LogP contribution in [0.2, 0.25) is 0 Å². The summed E-state index contributed by atoms with van der Waals surface area (Å²) in [4.78, 5) is 12.7. The van der Waals surface area contributed by atoms with E-state index in [1.807, 2.05) is 104 Å². The number of hydrogen-bond acceptors (Lipinski definition) is 5. The molecule has 4 aromatic rings. The molecule has 1 amide bonds. The molecule has 1 N–H and O–H groups in total. The van der Waals surface area contributed by atoms with E-state index in [1.165, 1.54) is 11.8 Å². The lowest BCUT2D eigenvalue weighted by atomic mass is 10.1. The topological polar surface area (TPSA) is 69.0 Å². The molecule has 4 rings (SSSR count). The van der Waals surface area contributed by atoms with Crippen molar-refractivity contribution in [2.75, 3.05) is 5.32 Å². The van der Waals surface area contributed by atoms with Crippen molar-refractivity contribution in [3.63, 3.8) is 0 Å². The Bertz CT molecular complexity index is 1220. The van der Waals surface area contributed by atoms with Gasteiger partial charge < -0.3 is 14.6 Å². The van der Waals surface area contributed by atoms with E-state index in [-0.39, 0.29) is 11.2 Å². The molecular weight excluding hydrogens is 432 g/mol. The summed E-state index contributed by atoms with van der Waals surface area (Å²) < 4.78 is 7.73. The Morgan fingerprint density at radius 2 is 1.70 bits per heavy atom. The number of anilines is 1. The van der Waals surface area contributed by atoms with Crippen LogP contribution in [0.3, 0.4) is 0 Å². The summed E-state index contributed by atoms with van der Waals surface area (Å²) in [5, 5.41) is 11.9. The first-order valence-electron chi connectivity index (χ1n) is 10.7. The monoisotopic (exact) mass is 458 g/mol. The van der Waals surface area contributed by atoms with Crippen molar-refractivity contribution in [3.8, 4) is 17.1 Å². The Balaban J connectivity index is 1.34. The Morgan fingerprint density at radius 1 is 1.00 bits per heavy atom. The van der Waals surface area contributed by atoms with Gasteiger partial charge in [-0.3, -0.25) is 4.79 Å². The SMILES string of the molecule is Cc1ccccc1-c1nnc(S[C@@H](C)C(=O)Nc2ccc(OCc3ccccc3)cc2)n1C. The second kappa shape index (κ2) is 10.4. The maximum Gasteiger partial charge on any atom is 0.237 e. The summed E-state index contributed by atoms with van der Waals surface area (Å²) in [7, 11) is 1.92. The van der Waals surface area contributed by atoms with E-state index in [0.717, 1.165) is 34.0 Å². The van der Waals surface area contributed by atoms with E-state index >= 15 is 0 Å². The molecule has 33 heavy (non-hydrogen) atoms. The number of ether oxygens (including phenoxy) is 1. The van der Waals surface area contributed by atoms with Gasteiger partial charge in [-0.15, -0.1) is 10.2 Å². The largest absolute Gasteiger partial charge is 0.489 e. The molecule has 7 heteroatoms. The van der Waals surface area contributed by atoms with Crippen molar-refractivity contribution in [1.29, 1.82) is 0 Å². The number of amides is 1. The van der Waals surface area contributed by atoms with Gasteiger partial charge in [0, 0.05) is 18.3 Å². The Labute approximate surface area is 198 Å². The summed E-state index contributed by atoms with van der Waals surface area (Å²) in [6.07, 6.45) is 0. The number of aromatic nitrogens is 3. The van der Waals surface area contributed by atoms with E-state index < -0.39 is 0 Å². The smallest absolute Gasteiger partial charge is 0.237 e. The minimum absolute atomic E-state index is 0.0987. The van der Waals surface area contributed by atoms with Gasteiger partial charge in [0.05, 0.1) is 5.25 Å². The van der Waals surface area contributed by atoms with E-state index in [0.29, 0.717) is 11.8 Å². The van der Waals surface area contributed by atoms with Crippen molar-refractivity contribution in [3.05, 3.63) is 90.0 Å². The second-order valence-corrected chi connectivity index (χ2v) is 9.04. The zero-order chi connectivity index (χ0) is 23.2. The van der Waals surface area contributed by atoms with Crippen molar-refractivity contribution in [2.45, 2.75) is 30.9 Å². The number of hydrogen-bond donors (Lipinski definition) is 1. The van der Waals surface area contributed by atoms with Crippen molar-refractivity contribution < 1.29 is 9.53 Å². The summed E-state index contributed by atoms with van der Waals surface area (Å²) in [5.41, 5.74) is 3.99. The van der Waals surface area contributed by atoms with Gasteiger partial charge >= 0.3 is 0 Å². The molecule has 1 aromatic heterocycles. The predicted octanol–water partition coefficient (Wildman–Crippen LogP) is 5.49. The third-order valence-electron chi connectivity index (χ3n) is 5.24. The summed E-state index contributed by atoms with van der Waals surface area (Å²) in [6, 6.07) is 25.4. The fourth-order valence-electron chi connectivity index (χ4n) is 3.31. The van der Waals surface area contributed by atoms with Crippen LogP contribution >= 0.6 is 11.8 Å². The molecular formula is C26H26N4O2S. The lowest BCUT2D eigenvalue weighted by Crippen LogP contribution is -2.22. The Kier molecular flexibility index (Phi) is 7.10. The zero-order valence-corrected chi connectivity index (χ0v) is 19.7. The number of carbonyl (C=O) groups is 1. The fourth-order valence-corrected chi connectivity index (χ4v) is 4.12. The molecule has 168 valence electrons. The molecule has 0 spiro atoms. The quantitative estimate of drug-likeness (QED) is 0.354. The minimum atomic E-state index is -0.341. The Morgan fingerprint density at radius 3 is 2.42 bits per heavy atom. The molecule has 0 aliphatic rings. The highest BCUT2D eigenvalue weighted by Crippen LogP contribution is 2.28. The average molecular weight is 459 g/mol. The van der Waals surface area contributed by atoms with Crippen LogP contribution in [-0.4, -0.2) is 25.9 Å². The van der Waals surface area contributed by atoms with E-state index in [9.17, 15) is 4.79 Å². The van der Waals surface area contributed by atoms with Crippen LogP contribution in [0, 0.1) is 6.92 Å². The van der Waals surface area contributed by atoms with Crippen LogP contribution in [0.15, 0.2) is 84.0 Å². The molecule has 0 saturated heterocycles. The third kappa shape index (κ3) is 5.62. The number of thioether (sulfide) groups is 1. The second-order valence-electron chi connectivity index (χ2n) is 7.73. The summed E-state index contributed by atoms with van der Waals surface area (Å²) >= 11 is 1.38. The summed E-state index contributed by atoms with van der Waals surface area (Å²) in [6.45, 7) is 4.41. The highest BCUT2D eigenvalue weighted by molar-refractivity contribution is 8.00. The normalized spacial score (nSPS) is 11.7. The lowest BCUT2D eigenvalue weighted by Gasteiger charge is -2.13. The van der Waals surface area contributed by atoms with Gasteiger partial charge in [0.25, 0.3) is 0 Å². The first kappa shape index (κ1) is 22.6. The molecule has 1 atom stereocenters. The maximum atomic E-state index is 12.7. The van der Waals surface area contributed by atoms with E-state index in [4.69, 9.17) is 4.74 Å². The number of nitrogens with zero attached hydrogens (tertiary/aromatic N) is 3. The standard InChI is InChI=1S/C26H26N4O2S/c1-18-9-7-8-12-23(18)24-28-29-26(30(24)3)33-19(2)25(31)27-21-13-15-22(16-14-21)32-17-20-10-5-4-6-11-20/h4-16,19H,17H2,1-3H3,(H,27,31)/t19-/m0/s1. The molecule has 0 aliphatic heterocycles. The van der Waals surface area contributed by atoms with Crippen LogP contribution in [-0.2, 0) is 18.4 Å². The van der Waals surface area contributed by atoms with E-state index in [1.54, 1.807) is 0 Å². The number of rotatable bonds is 8. The van der Waals surface area contributed by atoms with Gasteiger partial charge in [-0.2, -0.15) is 0 Å². The minimum Gasteiger partial charge on any atom is -0.489 e. The molecule has 6 nitrogen and oxygen atoms in total. The van der Waals surface area contributed by atoms with Crippen molar-refractivity contribution in [2.24, 2.45) is 7.05 Å². The van der Waals surface area contributed by atoms with Crippen molar-refractivity contribution >= 4 is 23.4 Å². The van der Waals surface area contributed by atoms with E-state index in [2.05, 4.69) is 15.5 Å². The first-order valence-corrected chi connectivity index (χ1v) is 11.6. The molecule has 3 aromatic carbocycles. The molecule has 0 aliphatic carbocycles. The molecule has 0 radical (unpaired) electrons. The zero-order valence-electron chi connectivity index (χ0n) is 18.9. The van der Waals surface area contributed by atoms with Gasteiger partial charge in [-0.25, -0.2) is 0 Å². The number of benzene rings is 3. The maximum absolute atomic E-state index is 12.7. The van der Waals surface area contributed by atoms with Crippen LogP contribution in [0.25, 0.3) is 11.4 Å². The van der Waals surface area contributed by atoms with Crippen LogP contribution in [0.4, 0.5) is 5.69 Å². The highest BCUT2D eigenvalue weighted by atomic mass is 32.2. The molecule has 0 bridgehead atoms. The Hall–Kier alpha value is -3.58. The number of aryl methyl sites for hydroxylation is 1. The fraction of sp³-hybridized carbons (Fsp3) is 0.192. The van der Waals surface area contributed by atoms with Crippen LogP contribution in [0.5, 0.6) is 5.75 Å². The molecule has 1 heterocycles. The van der Waals surface area contributed by atoms with Gasteiger partial charge in [0.2, 0.25) is 5.91 Å². The average Bonchev–Trinajstić information content (AvgIpc) is 3.19.